The molecule has 6 heteroatoms. The van der Waals surface area contributed by atoms with Crippen molar-refractivity contribution in [3.05, 3.63) is 22.7 Å². The maximum absolute atomic E-state index is 12.2. The van der Waals surface area contributed by atoms with Crippen LogP contribution in [0.1, 0.15) is 25.3 Å². The lowest BCUT2D eigenvalue weighted by atomic mass is 10.2. The van der Waals surface area contributed by atoms with Crippen LogP contribution in [0, 0.1) is 19.3 Å². The number of halogens is 1. The maximum atomic E-state index is 12.2. The molecule has 1 rings (SSSR count). The molecule has 0 aliphatic heterocycles. The van der Waals surface area contributed by atoms with Gasteiger partial charge in [0.2, 0.25) is 10.0 Å². The summed E-state index contributed by atoms with van der Waals surface area (Å²) in [7, 11) is -3.67. The standard InChI is InChI=1S/C13H17ClN2O2S/c1-4-6-10(5-2)16-19(17,18)11-7-12(14)9(3)13(15)8-11/h1,7-8,10,16H,5-6,15H2,2-3H3. The van der Waals surface area contributed by atoms with Crippen LogP contribution in [0.5, 0.6) is 0 Å². The number of rotatable bonds is 5. The topological polar surface area (TPSA) is 72.2 Å². The molecule has 3 N–H and O–H groups in total. The van der Waals surface area contributed by atoms with Crippen molar-refractivity contribution >= 4 is 27.3 Å². The number of nitrogens with two attached hydrogens (primary N) is 1. The van der Waals surface area contributed by atoms with Crippen LogP contribution in [0.15, 0.2) is 17.0 Å². The third kappa shape index (κ3) is 3.87. The van der Waals surface area contributed by atoms with E-state index in [1.165, 1.54) is 12.1 Å². The number of hydrogen-bond donors (Lipinski definition) is 2. The van der Waals surface area contributed by atoms with Gasteiger partial charge in [-0.2, -0.15) is 0 Å². The number of benzene rings is 1. The number of sulfonamides is 1. The molecular weight excluding hydrogens is 284 g/mol. The Morgan fingerprint density at radius 3 is 2.63 bits per heavy atom. The summed E-state index contributed by atoms with van der Waals surface area (Å²) in [5.41, 5.74) is 6.74. The highest BCUT2D eigenvalue weighted by Crippen LogP contribution is 2.26. The fraction of sp³-hybridized carbons (Fsp3) is 0.385. The van der Waals surface area contributed by atoms with Gasteiger partial charge < -0.3 is 5.73 Å². The molecule has 0 saturated heterocycles. The summed E-state index contributed by atoms with van der Waals surface area (Å²) in [6.45, 7) is 3.59. The van der Waals surface area contributed by atoms with Gasteiger partial charge in [0.25, 0.3) is 0 Å². The van der Waals surface area contributed by atoms with E-state index >= 15 is 0 Å². The zero-order valence-electron chi connectivity index (χ0n) is 10.9. The van der Waals surface area contributed by atoms with E-state index in [0.717, 1.165) is 0 Å². The summed E-state index contributed by atoms with van der Waals surface area (Å²) >= 11 is 5.95. The number of terminal acetylenes is 1. The van der Waals surface area contributed by atoms with Crippen molar-refractivity contribution in [2.75, 3.05) is 5.73 Å². The minimum atomic E-state index is -3.67. The Bertz CT molecular complexity index is 583. The first-order valence-electron chi connectivity index (χ1n) is 5.83. The number of anilines is 1. The summed E-state index contributed by atoms with van der Waals surface area (Å²) in [6.07, 6.45) is 6.15. The lowest BCUT2D eigenvalue weighted by Crippen LogP contribution is -2.34. The quantitative estimate of drug-likeness (QED) is 0.647. The molecule has 0 bridgehead atoms. The average molecular weight is 301 g/mol. The maximum Gasteiger partial charge on any atom is 0.240 e. The molecule has 0 heterocycles. The predicted molar refractivity (Wildman–Crippen MR) is 78.5 cm³/mol. The van der Waals surface area contributed by atoms with E-state index in [9.17, 15) is 8.42 Å². The van der Waals surface area contributed by atoms with Gasteiger partial charge in [0.15, 0.2) is 0 Å². The molecule has 104 valence electrons. The van der Waals surface area contributed by atoms with Gasteiger partial charge in [0, 0.05) is 23.2 Å². The van der Waals surface area contributed by atoms with Gasteiger partial charge in [0.1, 0.15) is 0 Å². The van der Waals surface area contributed by atoms with Gasteiger partial charge in [0.05, 0.1) is 4.90 Å². The van der Waals surface area contributed by atoms with Gasteiger partial charge in [-0.15, -0.1) is 12.3 Å². The van der Waals surface area contributed by atoms with E-state index in [-0.39, 0.29) is 10.9 Å². The number of nitrogen functional groups attached to an aromatic ring is 1. The Balaban J connectivity index is 3.11. The summed E-state index contributed by atoms with van der Waals surface area (Å²) < 4.78 is 26.9. The number of hydrogen-bond acceptors (Lipinski definition) is 3. The Hall–Kier alpha value is -1.22. The summed E-state index contributed by atoms with van der Waals surface area (Å²) in [6, 6.07) is 2.49. The molecule has 0 fully saturated rings. The Kier molecular flexibility index (Phi) is 5.24. The largest absolute Gasteiger partial charge is 0.398 e. The van der Waals surface area contributed by atoms with Crippen molar-refractivity contribution in [1.29, 1.82) is 0 Å². The third-order valence-corrected chi connectivity index (χ3v) is 4.74. The second-order valence-corrected chi connectivity index (χ2v) is 6.38. The summed E-state index contributed by atoms with van der Waals surface area (Å²) in [5.74, 6) is 2.45. The first-order chi connectivity index (χ1) is 8.81. The van der Waals surface area contributed by atoms with Crippen molar-refractivity contribution in [3.8, 4) is 12.3 Å². The predicted octanol–water partition coefficient (Wildman–Crippen LogP) is 2.31. The molecule has 0 spiro atoms. The Morgan fingerprint density at radius 1 is 1.53 bits per heavy atom. The summed E-state index contributed by atoms with van der Waals surface area (Å²) in [4.78, 5) is 0.0519. The van der Waals surface area contributed by atoms with Crippen LogP contribution in [0.4, 0.5) is 5.69 Å². The van der Waals surface area contributed by atoms with Crippen LogP contribution in [-0.2, 0) is 10.0 Å². The average Bonchev–Trinajstić information content (AvgIpc) is 2.34. The minimum absolute atomic E-state index is 0.0519. The van der Waals surface area contributed by atoms with E-state index < -0.39 is 10.0 Å². The van der Waals surface area contributed by atoms with E-state index in [2.05, 4.69) is 10.6 Å². The van der Waals surface area contributed by atoms with Crippen molar-refractivity contribution in [2.24, 2.45) is 0 Å². The van der Waals surface area contributed by atoms with Crippen molar-refractivity contribution in [2.45, 2.75) is 37.6 Å². The molecule has 1 atom stereocenters. The molecule has 0 saturated carbocycles. The van der Waals surface area contributed by atoms with Crippen LogP contribution >= 0.6 is 11.6 Å². The SMILES string of the molecule is C#CCC(CC)NS(=O)(=O)c1cc(N)c(C)c(Cl)c1. The molecule has 0 radical (unpaired) electrons. The van der Waals surface area contributed by atoms with Crippen LogP contribution in [-0.4, -0.2) is 14.5 Å². The highest BCUT2D eigenvalue weighted by molar-refractivity contribution is 7.89. The molecule has 0 aliphatic carbocycles. The zero-order valence-corrected chi connectivity index (χ0v) is 12.5. The normalized spacial score (nSPS) is 12.9. The van der Waals surface area contributed by atoms with Crippen LogP contribution < -0.4 is 10.5 Å². The molecular formula is C13H17ClN2O2S. The van der Waals surface area contributed by atoms with Crippen molar-refractivity contribution in [3.63, 3.8) is 0 Å². The molecule has 19 heavy (non-hydrogen) atoms. The molecule has 0 amide bonds. The van der Waals surface area contributed by atoms with Crippen molar-refractivity contribution in [1.82, 2.24) is 4.72 Å². The van der Waals surface area contributed by atoms with Gasteiger partial charge >= 0.3 is 0 Å². The first-order valence-corrected chi connectivity index (χ1v) is 7.69. The van der Waals surface area contributed by atoms with E-state index in [0.29, 0.717) is 29.1 Å². The second kappa shape index (κ2) is 6.29. The van der Waals surface area contributed by atoms with Crippen LogP contribution in [0.25, 0.3) is 0 Å². The van der Waals surface area contributed by atoms with E-state index in [4.69, 9.17) is 23.8 Å². The number of nitrogens with one attached hydrogen (secondary N) is 1. The van der Waals surface area contributed by atoms with Gasteiger partial charge in [-0.3, -0.25) is 0 Å². The van der Waals surface area contributed by atoms with Crippen molar-refractivity contribution < 1.29 is 8.42 Å². The van der Waals surface area contributed by atoms with E-state index in [1.807, 2.05) is 6.92 Å². The van der Waals surface area contributed by atoms with Crippen LogP contribution in [0.3, 0.4) is 0 Å². The molecule has 1 unspecified atom stereocenters. The summed E-state index contributed by atoms with van der Waals surface area (Å²) in [5, 5.41) is 0.324. The first kappa shape index (κ1) is 15.8. The fourth-order valence-corrected chi connectivity index (χ4v) is 3.20. The second-order valence-electron chi connectivity index (χ2n) is 4.25. The smallest absolute Gasteiger partial charge is 0.240 e. The minimum Gasteiger partial charge on any atom is -0.398 e. The Labute approximate surface area is 119 Å². The van der Waals surface area contributed by atoms with Crippen LogP contribution in [0.2, 0.25) is 5.02 Å². The van der Waals surface area contributed by atoms with Gasteiger partial charge in [-0.05, 0) is 31.0 Å². The third-order valence-electron chi connectivity index (χ3n) is 2.85. The Morgan fingerprint density at radius 2 is 2.16 bits per heavy atom. The molecule has 1 aromatic carbocycles. The molecule has 0 aliphatic rings. The van der Waals surface area contributed by atoms with Gasteiger partial charge in [-0.25, -0.2) is 13.1 Å². The fourth-order valence-electron chi connectivity index (χ4n) is 1.53. The molecule has 4 nitrogen and oxygen atoms in total. The molecule has 0 aromatic heterocycles. The lowest BCUT2D eigenvalue weighted by Gasteiger charge is -2.15. The lowest BCUT2D eigenvalue weighted by molar-refractivity contribution is 0.544. The zero-order chi connectivity index (χ0) is 14.6. The monoisotopic (exact) mass is 300 g/mol. The van der Waals surface area contributed by atoms with Gasteiger partial charge in [-0.1, -0.05) is 18.5 Å². The highest BCUT2D eigenvalue weighted by atomic mass is 35.5. The molecule has 1 aromatic rings. The van der Waals surface area contributed by atoms with E-state index in [1.54, 1.807) is 6.92 Å². The highest BCUT2D eigenvalue weighted by Gasteiger charge is 2.20.